The van der Waals surface area contributed by atoms with Gasteiger partial charge in [0.15, 0.2) is 0 Å². The number of halogens is 1. The molecule has 1 aliphatic heterocycles. The maximum Gasteiger partial charge on any atom is 0.123 e. The van der Waals surface area contributed by atoms with Crippen molar-refractivity contribution in [1.82, 2.24) is 15.1 Å². The van der Waals surface area contributed by atoms with Crippen molar-refractivity contribution >= 4 is 0 Å². The van der Waals surface area contributed by atoms with Crippen molar-refractivity contribution in [2.75, 3.05) is 13.1 Å². The molecule has 3 nitrogen and oxygen atoms in total. The first-order valence-electron chi connectivity index (χ1n) is 6.69. The van der Waals surface area contributed by atoms with Crippen LogP contribution in [0.5, 0.6) is 0 Å². The molecule has 0 saturated carbocycles. The van der Waals surface area contributed by atoms with Gasteiger partial charge in [-0.05, 0) is 44.5 Å². The van der Waals surface area contributed by atoms with Gasteiger partial charge in [-0.3, -0.25) is 4.68 Å². The predicted molar refractivity (Wildman–Crippen MR) is 73.6 cm³/mol. The normalized spacial score (nSPS) is 19.0. The van der Waals surface area contributed by atoms with E-state index in [4.69, 9.17) is 0 Å². The standard InChI is InChI=1S/C15H18FN3/c1-10-15(12-3-5-13(16)6-4-12)11(2)19(18-10)14-7-8-17-9-14/h3-6,14,17H,7-9H2,1-2H3. The van der Waals surface area contributed by atoms with E-state index in [0.29, 0.717) is 6.04 Å². The largest absolute Gasteiger partial charge is 0.315 e. The summed E-state index contributed by atoms with van der Waals surface area (Å²) in [6, 6.07) is 7.09. The summed E-state index contributed by atoms with van der Waals surface area (Å²) >= 11 is 0. The first kappa shape index (κ1) is 12.4. The number of rotatable bonds is 2. The second-order valence-corrected chi connectivity index (χ2v) is 5.14. The molecule has 1 N–H and O–H groups in total. The Labute approximate surface area is 112 Å². The Bertz CT molecular complexity index is 580. The Morgan fingerprint density at radius 1 is 1.26 bits per heavy atom. The molecule has 1 atom stereocenters. The third-order valence-electron chi connectivity index (χ3n) is 3.84. The zero-order chi connectivity index (χ0) is 13.4. The molecule has 100 valence electrons. The maximum atomic E-state index is 13.0. The zero-order valence-corrected chi connectivity index (χ0v) is 11.3. The molecule has 1 saturated heterocycles. The number of aryl methyl sites for hydroxylation is 1. The second-order valence-electron chi connectivity index (χ2n) is 5.14. The first-order valence-corrected chi connectivity index (χ1v) is 6.69. The smallest absolute Gasteiger partial charge is 0.123 e. The third kappa shape index (κ3) is 2.16. The van der Waals surface area contributed by atoms with E-state index in [2.05, 4.69) is 22.0 Å². The Hall–Kier alpha value is -1.68. The molecule has 1 unspecified atom stereocenters. The zero-order valence-electron chi connectivity index (χ0n) is 11.3. The summed E-state index contributed by atoms with van der Waals surface area (Å²) in [5.41, 5.74) is 4.34. The molecule has 2 heterocycles. The van der Waals surface area contributed by atoms with Crippen LogP contribution in [0.25, 0.3) is 11.1 Å². The average Bonchev–Trinajstić information content (AvgIpc) is 3.00. The molecule has 19 heavy (non-hydrogen) atoms. The summed E-state index contributed by atoms with van der Waals surface area (Å²) in [6.07, 6.45) is 1.12. The molecule has 2 aromatic rings. The van der Waals surface area contributed by atoms with Gasteiger partial charge in [0.25, 0.3) is 0 Å². The van der Waals surface area contributed by atoms with Gasteiger partial charge in [0.05, 0.1) is 11.7 Å². The molecule has 0 radical (unpaired) electrons. The van der Waals surface area contributed by atoms with Crippen LogP contribution in [0, 0.1) is 19.7 Å². The lowest BCUT2D eigenvalue weighted by atomic mass is 10.0. The molecular weight excluding hydrogens is 241 g/mol. The van der Waals surface area contributed by atoms with Gasteiger partial charge in [-0.1, -0.05) is 12.1 Å². The molecule has 0 bridgehead atoms. The van der Waals surface area contributed by atoms with E-state index < -0.39 is 0 Å². The van der Waals surface area contributed by atoms with Gasteiger partial charge in [0.2, 0.25) is 0 Å². The van der Waals surface area contributed by atoms with Crippen molar-refractivity contribution in [1.29, 1.82) is 0 Å². The van der Waals surface area contributed by atoms with Gasteiger partial charge in [-0.2, -0.15) is 5.10 Å². The summed E-state index contributed by atoms with van der Waals surface area (Å²) in [6.45, 7) is 6.14. The van der Waals surface area contributed by atoms with Crippen LogP contribution in [0.4, 0.5) is 4.39 Å². The lowest BCUT2D eigenvalue weighted by Gasteiger charge is -2.12. The minimum absolute atomic E-state index is 0.202. The monoisotopic (exact) mass is 259 g/mol. The molecular formula is C15H18FN3. The molecule has 3 rings (SSSR count). The van der Waals surface area contributed by atoms with Crippen LogP contribution in [0.3, 0.4) is 0 Å². The number of nitrogens with one attached hydrogen (secondary N) is 1. The molecule has 1 aromatic carbocycles. The quantitative estimate of drug-likeness (QED) is 0.898. The highest BCUT2D eigenvalue weighted by Gasteiger charge is 2.22. The second kappa shape index (κ2) is 4.78. The van der Waals surface area contributed by atoms with Crippen molar-refractivity contribution in [3.63, 3.8) is 0 Å². The molecule has 1 aliphatic rings. The van der Waals surface area contributed by atoms with Gasteiger partial charge in [0.1, 0.15) is 5.82 Å². The predicted octanol–water partition coefficient (Wildman–Crippen LogP) is 2.84. The summed E-state index contributed by atoms with van der Waals surface area (Å²) < 4.78 is 15.1. The molecule has 4 heteroatoms. The van der Waals surface area contributed by atoms with Crippen LogP contribution in [-0.2, 0) is 0 Å². The van der Waals surface area contributed by atoms with Crippen LogP contribution < -0.4 is 5.32 Å². The highest BCUT2D eigenvalue weighted by atomic mass is 19.1. The third-order valence-corrected chi connectivity index (χ3v) is 3.84. The molecule has 0 amide bonds. The van der Waals surface area contributed by atoms with Crippen LogP contribution in [0.2, 0.25) is 0 Å². The fourth-order valence-corrected chi connectivity index (χ4v) is 2.90. The van der Waals surface area contributed by atoms with Crippen LogP contribution in [-0.4, -0.2) is 22.9 Å². The molecule has 0 aliphatic carbocycles. The SMILES string of the molecule is Cc1nn(C2CCNC2)c(C)c1-c1ccc(F)cc1. The van der Waals surface area contributed by atoms with Crippen molar-refractivity contribution in [3.05, 3.63) is 41.5 Å². The Kier molecular flexibility index (Phi) is 3.11. The number of benzene rings is 1. The highest BCUT2D eigenvalue weighted by molar-refractivity contribution is 5.68. The summed E-state index contributed by atoms with van der Waals surface area (Å²) in [5, 5.41) is 8.04. The summed E-state index contributed by atoms with van der Waals surface area (Å²) in [5.74, 6) is -0.202. The molecule has 0 spiro atoms. The van der Waals surface area contributed by atoms with Gasteiger partial charge >= 0.3 is 0 Å². The van der Waals surface area contributed by atoms with Crippen LogP contribution >= 0.6 is 0 Å². The van der Waals surface area contributed by atoms with Crippen LogP contribution in [0.15, 0.2) is 24.3 Å². The van der Waals surface area contributed by atoms with Crippen LogP contribution in [0.1, 0.15) is 23.9 Å². The number of hydrogen-bond acceptors (Lipinski definition) is 2. The summed E-state index contributed by atoms with van der Waals surface area (Å²) in [7, 11) is 0. The van der Waals surface area contributed by atoms with Gasteiger partial charge in [-0.15, -0.1) is 0 Å². The van der Waals surface area contributed by atoms with Gasteiger partial charge < -0.3 is 5.32 Å². The minimum Gasteiger partial charge on any atom is -0.315 e. The van der Waals surface area contributed by atoms with E-state index in [1.165, 1.54) is 12.1 Å². The topological polar surface area (TPSA) is 29.9 Å². The number of nitrogens with zero attached hydrogens (tertiary/aromatic N) is 2. The van der Waals surface area contributed by atoms with E-state index in [1.807, 2.05) is 19.1 Å². The Balaban J connectivity index is 2.04. The maximum absolute atomic E-state index is 13.0. The average molecular weight is 259 g/mol. The fourth-order valence-electron chi connectivity index (χ4n) is 2.90. The number of aromatic nitrogens is 2. The van der Waals surface area contributed by atoms with Crippen molar-refractivity contribution in [3.8, 4) is 11.1 Å². The molecule has 1 aromatic heterocycles. The van der Waals surface area contributed by atoms with E-state index >= 15 is 0 Å². The van der Waals surface area contributed by atoms with E-state index in [0.717, 1.165) is 42.0 Å². The molecule has 1 fully saturated rings. The minimum atomic E-state index is -0.202. The van der Waals surface area contributed by atoms with Gasteiger partial charge in [0, 0.05) is 17.8 Å². The summed E-state index contributed by atoms with van der Waals surface area (Å²) in [4.78, 5) is 0. The highest BCUT2D eigenvalue weighted by Crippen LogP contribution is 2.30. The lowest BCUT2D eigenvalue weighted by molar-refractivity contribution is 0.477. The van der Waals surface area contributed by atoms with Crippen molar-refractivity contribution in [2.45, 2.75) is 26.3 Å². The van der Waals surface area contributed by atoms with E-state index in [1.54, 1.807) is 0 Å². The van der Waals surface area contributed by atoms with Gasteiger partial charge in [-0.25, -0.2) is 4.39 Å². The Morgan fingerprint density at radius 2 is 2.00 bits per heavy atom. The van der Waals surface area contributed by atoms with Crippen molar-refractivity contribution < 1.29 is 4.39 Å². The van der Waals surface area contributed by atoms with Crippen molar-refractivity contribution in [2.24, 2.45) is 0 Å². The fraction of sp³-hybridized carbons (Fsp3) is 0.400. The lowest BCUT2D eigenvalue weighted by Crippen LogP contribution is -2.15. The first-order chi connectivity index (χ1) is 9.16. The Morgan fingerprint density at radius 3 is 2.63 bits per heavy atom. The van der Waals surface area contributed by atoms with E-state index in [-0.39, 0.29) is 5.82 Å². The number of hydrogen-bond donors (Lipinski definition) is 1. The van der Waals surface area contributed by atoms with E-state index in [9.17, 15) is 4.39 Å².